The van der Waals surface area contributed by atoms with Gasteiger partial charge in [-0.05, 0) is 71.1 Å². The van der Waals surface area contributed by atoms with E-state index in [-0.39, 0.29) is 5.82 Å². The molecular formula is C23H21BrFN5O2. The molecule has 0 saturated heterocycles. The molecule has 7 nitrogen and oxygen atoms in total. The summed E-state index contributed by atoms with van der Waals surface area (Å²) in [6, 6.07) is 6.36. The maximum absolute atomic E-state index is 14.6. The van der Waals surface area contributed by atoms with Crippen LogP contribution in [0.1, 0.15) is 23.7 Å². The van der Waals surface area contributed by atoms with Gasteiger partial charge in [-0.25, -0.2) is 19.3 Å². The minimum absolute atomic E-state index is 0.298. The van der Waals surface area contributed by atoms with Crippen molar-refractivity contribution in [3.63, 3.8) is 0 Å². The first-order chi connectivity index (χ1) is 15.3. The second-order valence-electron chi connectivity index (χ2n) is 8.09. The number of hydrogen-bond donors (Lipinski definition) is 3. The third-order valence-corrected chi connectivity index (χ3v) is 6.73. The topological polar surface area (TPSA) is 110 Å². The van der Waals surface area contributed by atoms with Gasteiger partial charge >= 0.3 is 0 Å². The lowest BCUT2D eigenvalue weighted by Crippen LogP contribution is -2.29. The van der Waals surface area contributed by atoms with Crippen molar-refractivity contribution in [3.8, 4) is 0 Å². The van der Waals surface area contributed by atoms with Crippen molar-refractivity contribution in [2.24, 2.45) is 0 Å². The quantitative estimate of drug-likeness (QED) is 0.371. The summed E-state index contributed by atoms with van der Waals surface area (Å²) in [5.41, 5.74) is 9.33. The van der Waals surface area contributed by atoms with E-state index in [1.54, 1.807) is 12.1 Å². The molecule has 5 rings (SSSR count). The molecule has 4 aromatic rings. The minimum atomic E-state index is -1.00. The lowest BCUT2D eigenvalue weighted by atomic mass is 10.0. The Morgan fingerprint density at radius 3 is 2.78 bits per heavy atom. The zero-order valence-electron chi connectivity index (χ0n) is 17.2. The van der Waals surface area contributed by atoms with Gasteiger partial charge in [0.25, 0.3) is 0 Å². The number of nitrogens with two attached hydrogens (primary N) is 1. The number of hydrogen-bond acceptors (Lipinski definition) is 6. The molecule has 0 amide bonds. The van der Waals surface area contributed by atoms with Crippen LogP contribution >= 0.6 is 15.9 Å². The smallest absolute Gasteiger partial charge is 0.144 e. The van der Waals surface area contributed by atoms with Crippen LogP contribution in [0.15, 0.2) is 52.9 Å². The van der Waals surface area contributed by atoms with Crippen molar-refractivity contribution in [1.29, 1.82) is 0 Å². The number of pyridine rings is 1. The van der Waals surface area contributed by atoms with Crippen molar-refractivity contribution in [1.82, 2.24) is 19.5 Å². The van der Waals surface area contributed by atoms with Crippen LogP contribution in [-0.4, -0.2) is 41.9 Å². The van der Waals surface area contributed by atoms with E-state index in [1.807, 2.05) is 29.8 Å². The Bertz CT molecular complexity index is 1390. The summed E-state index contributed by atoms with van der Waals surface area (Å²) in [6.45, 7) is 1.90. The standard InChI is InChI=1S/C23H21BrFN5O2/c1-11-14-4-5-30(23(14)28-10-27-11)19-8-13(20(31)21(19)32)3-2-12-6-17(25)15-9-16(24)22(26)29-18(15)7-12/h4-10,19-21,31-32H,2-3H2,1H3,(H2,26,29)/t19?,20?,21-/m1/s1. The van der Waals surface area contributed by atoms with E-state index in [9.17, 15) is 14.6 Å². The van der Waals surface area contributed by atoms with Crippen LogP contribution in [0.5, 0.6) is 0 Å². The highest BCUT2D eigenvalue weighted by molar-refractivity contribution is 9.10. The van der Waals surface area contributed by atoms with Gasteiger partial charge in [0.05, 0.1) is 21.7 Å². The molecule has 0 radical (unpaired) electrons. The summed E-state index contributed by atoms with van der Waals surface area (Å²) in [4.78, 5) is 12.8. The molecule has 3 heterocycles. The predicted octanol–water partition coefficient (Wildman–Crippen LogP) is 3.61. The maximum atomic E-state index is 14.6. The number of aromatic nitrogens is 4. The van der Waals surface area contributed by atoms with E-state index in [2.05, 4.69) is 30.9 Å². The predicted molar refractivity (Wildman–Crippen MR) is 124 cm³/mol. The molecule has 0 aliphatic heterocycles. The summed E-state index contributed by atoms with van der Waals surface area (Å²) in [7, 11) is 0. The number of aryl methyl sites for hydroxylation is 2. The fourth-order valence-corrected chi connectivity index (χ4v) is 4.66. The summed E-state index contributed by atoms with van der Waals surface area (Å²) in [6.07, 6.45) is 4.17. The van der Waals surface area contributed by atoms with E-state index >= 15 is 0 Å². The first-order valence-electron chi connectivity index (χ1n) is 10.2. The molecule has 0 fully saturated rings. The average molecular weight is 498 g/mol. The molecule has 32 heavy (non-hydrogen) atoms. The van der Waals surface area contributed by atoms with Gasteiger partial charge in [-0.2, -0.15) is 0 Å². The zero-order valence-corrected chi connectivity index (χ0v) is 18.8. The fourth-order valence-electron chi connectivity index (χ4n) is 4.35. The molecule has 4 N–H and O–H groups in total. The van der Waals surface area contributed by atoms with Gasteiger partial charge < -0.3 is 20.5 Å². The summed E-state index contributed by atoms with van der Waals surface area (Å²) in [5.74, 6) is -0.0784. The Morgan fingerprint density at radius 2 is 1.97 bits per heavy atom. The Morgan fingerprint density at radius 1 is 1.16 bits per heavy atom. The first-order valence-corrected chi connectivity index (χ1v) is 11.0. The number of aliphatic hydroxyl groups is 2. The van der Waals surface area contributed by atoms with Crippen LogP contribution in [-0.2, 0) is 6.42 Å². The number of nitrogen functional groups attached to an aromatic ring is 1. The van der Waals surface area contributed by atoms with E-state index < -0.39 is 18.2 Å². The van der Waals surface area contributed by atoms with E-state index in [4.69, 9.17) is 5.73 Å². The second kappa shape index (κ2) is 7.91. The molecule has 0 saturated carbocycles. The van der Waals surface area contributed by atoms with E-state index in [0.29, 0.717) is 45.3 Å². The SMILES string of the molecule is Cc1ncnc2c1ccn2C1C=C(CCc2cc(F)c3cc(Br)c(N)nc3c2)C(O)[C@@H]1O. The van der Waals surface area contributed by atoms with Crippen molar-refractivity contribution >= 4 is 43.7 Å². The number of halogens is 2. The van der Waals surface area contributed by atoms with Crippen molar-refractivity contribution < 1.29 is 14.6 Å². The lowest BCUT2D eigenvalue weighted by Gasteiger charge is -2.19. The molecular weight excluding hydrogens is 477 g/mol. The Hall–Kier alpha value is -2.88. The van der Waals surface area contributed by atoms with E-state index in [1.165, 1.54) is 12.4 Å². The molecule has 164 valence electrons. The summed E-state index contributed by atoms with van der Waals surface area (Å²) < 4.78 is 17.0. The Labute approximate surface area is 191 Å². The van der Waals surface area contributed by atoms with Crippen LogP contribution in [0, 0.1) is 12.7 Å². The van der Waals surface area contributed by atoms with Crippen LogP contribution < -0.4 is 5.73 Å². The summed E-state index contributed by atoms with van der Waals surface area (Å²) >= 11 is 3.27. The van der Waals surface area contributed by atoms with Crippen LogP contribution in [0.4, 0.5) is 10.2 Å². The molecule has 2 unspecified atom stereocenters. The van der Waals surface area contributed by atoms with Gasteiger partial charge in [-0.3, -0.25) is 0 Å². The van der Waals surface area contributed by atoms with Crippen molar-refractivity contribution in [2.45, 2.75) is 38.0 Å². The van der Waals surface area contributed by atoms with Crippen molar-refractivity contribution in [3.05, 3.63) is 70.0 Å². The molecule has 0 bridgehead atoms. The number of fused-ring (bicyclic) bond motifs is 2. The maximum Gasteiger partial charge on any atom is 0.144 e. The molecule has 1 aliphatic rings. The van der Waals surface area contributed by atoms with Gasteiger partial charge in [0.15, 0.2) is 0 Å². The number of benzene rings is 1. The minimum Gasteiger partial charge on any atom is -0.388 e. The van der Waals surface area contributed by atoms with Crippen LogP contribution in [0.25, 0.3) is 21.9 Å². The van der Waals surface area contributed by atoms with Gasteiger partial charge in [0, 0.05) is 17.0 Å². The van der Waals surface area contributed by atoms with Crippen LogP contribution in [0.3, 0.4) is 0 Å². The zero-order chi connectivity index (χ0) is 22.6. The average Bonchev–Trinajstić information content (AvgIpc) is 3.31. The number of nitrogens with zero attached hydrogens (tertiary/aromatic N) is 4. The van der Waals surface area contributed by atoms with Gasteiger partial charge in [-0.15, -0.1) is 0 Å². The highest BCUT2D eigenvalue weighted by Gasteiger charge is 2.36. The number of anilines is 1. The Kier molecular flexibility index (Phi) is 5.19. The highest BCUT2D eigenvalue weighted by atomic mass is 79.9. The highest BCUT2D eigenvalue weighted by Crippen LogP contribution is 2.35. The lowest BCUT2D eigenvalue weighted by molar-refractivity contribution is 0.0317. The Balaban J connectivity index is 1.42. The van der Waals surface area contributed by atoms with Gasteiger partial charge in [0.1, 0.15) is 35.8 Å². The number of rotatable bonds is 4. The largest absolute Gasteiger partial charge is 0.388 e. The monoisotopic (exact) mass is 497 g/mol. The van der Waals surface area contributed by atoms with Crippen LogP contribution in [0.2, 0.25) is 0 Å². The van der Waals surface area contributed by atoms with Crippen molar-refractivity contribution in [2.75, 3.05) is 5.73 Å². The molecule has 0 spiro atoms. The molecule has 1 aliphatic carbocycles. The normalized spacial score (nSPS) is 20.9. The van der Waals surface area contributed by atoms with E-state index in [0.717, 1.165) is 16.6 Å². The third-order valence-electron chi connectivity index (χ3n) is 6.09. The number of aliphatic hydroxyl groups excluding tert-OH is 2. The van der Waals surface area contributed by atoms with Gasteiger partial charge in [0.2, 0.25) is 0 Å². The fraction of sp³-hybridized carbons (Fsp3) is 0.261. The molecule has 9 heteroatoms. The molecule has 3 atom stereocenters. The second-order valence-corrected chi connectivity index (χ2v) is 8.94. The third kappa shape index (κ3) is 3.46. The molecule has 3 aromatic heterocycles. The first kappa shape index (κ1) is 21.0. The summed E-state index contributed by atoms with van der Waals surface area (Å²) in [5, 5.41) is 22.7. The molecule has 1 aromatic carbocycles. The van der Waals surface area contributed by atoms with Gasteiger partial charge in [-0.1, -0.05) is 6.08 Å².